The van der Waals surface area contributed by atoms with Gasteiger partial charge in [0.1, 0.15) is 0 Å². The van der Waals surface area contributed by atoms with Crippen LogP contribution in [-0.4, -0.2) is 10.7 Å². The standard InChI is InChI=1S/C27H46O/c1-18(16-24(2,3)4)21-10-11-22-20-9-8-19-17-25(5,28)14-15-26(19,6)23(20)12-13-27(21,22)7/h8,18,20-23,28H,9-17H2,1-7H3/t18-,20?,21-,22?,23?,25+,26+,27-/m1/s1. The molecule has 0 bridgehead atoms. The molecule has 1 heteroatoms. The number of fused-ring (bicyclic) bond motifs is 5. The smallest absolute Gasteiger partial charge is 0.0657 e. The molecular weight excluding hydrogens is 340 g/mol. The van der Waals surface area contributed by atoms with Gasteiger partial charge in [-0.05, 0) is 111 Å². The van der Waals surface area contributed by atoms with Crippen molar-refractivity contribution < 1.29 is 5.11 Å². The fraction of sp³-hybridized carbons (Fsp3) is 0.926. The molecule has 3 saturated carbocycles. The summed E-state index contributed by atoms with van der Waals surface area (Å²) in [6, 6.07) is 0. The summed E-state index contributed by atoms with van der Waals surface area (Å²) in [6.07, 6.45) is 14.1. The third-order valence-corrected chi connectivity index (χ3v) is 10.1. The van der Waals surface area contributed by atoms with E-state index < -0.39 is 5.60 Å². The summed E-state index contributed by atoms with van der Waals surface area (Å²) in [4.78, 5) is 0. The van der Waals surface area contributed by atoms with Gasteiger partial charge in [-0.15, -0.1) is 0 Å². The lowest BCUT2D eigenvalue weighted by molar-refractivity contribution is -0.0716. The molecule has 0 amide bonds. The lowest BCUT2D eigenvalue weighted by Gasteiger charge is -2.59. The van der Waals surface area contributed by atoms with Gasteiger partial charge in [0.2, 0.25) is 0 Å². The SMILES string of the molecule is C[C@H](CC(C)(C)C)[C@H]1CCC2C3CC=C4C[C@@](C)(O)CC[C@]4(C)C3CC[C@@]21C. The van der Waals surface area contributed by atoms with E-state index in [-0.39, 0.29) is 0 Å². The fourth-order valence-electron chi connectivity index (χ4n) is 8.89. The second-order valence-corrected chi connectivity index (χ2v) is 13.4. The first-order valence-electron chi connectivity index (χ1n) is 12.3. The van der Waals surface area contributed by atoms with Crippen LogP contribution < -0.4 is 0 Å². The van der Waals surface area contributed by atoms with E-state index in [1.807, 2.05) is 0 Å². The van der Waals surface area contributed by atoms with Gasteiger partial charge < -0.3 is 5.11 Å². The molecule has 4 rings (SSSR count). The minimum absolute atomic E-state index is 0.363. The Morgan fingerprint density at radius 3 is 2.43 bits per heavy atom. The van der Waals surface area contributed by atoms with Gasteiger partial charge in [-0.25, -0.2) is 0 Å². The Balaban J connectivity index is 1.57. The fourth-order valence-corrected chi connectivity index (χ4v) is 8.89. The van der Waals surface area contributed by atoms with E-state index in [4.69, 9.17) is 0 Å². The predicted octanol–water partition coefficient (Wildman–Crippen LogP) is 7.39. The Bertz CT molecular complexity index is 637. The largest absolute Gasteiger partial charge is 0.390 e. The monoisotopic (exact) mass is 386 g/mol. The van der Waals surface area contributed by atoms with Gasteiger partial charge in [-0.2, -0.15) is 0 Å². The maximum absolute atomic E-state index is 10.7. The van der Waals surface area contributed by atoms with Gasteiger partial charge in [0.05, 0.1) is 5.60 Å². The van der Waals surface area contributed by atoms with Crippen LogP contribution >= 0.6 is 0 Å². The molecule has 4 aliphatic rings. The zero-order valence-corrected chi connectivity index (χ0v) is 19.8. The molecule has 0 heterocycles. The predicted molar refractivity (Wildman–Crippen MR) is 119 cm³/mol. The molecule has 0 saturated heterocycles. The van der Waals surface area contributed by atoms with E-state index in [0.29, 0.717) is 16.2 Å². The third kappa shape index (κ3) is 3.32. The molecule has 0 aromatic carbocycles. The molecule has 0 aromatic heterocycles. The van der Waals surface area contributed by atoms with Crippen LogP contribution in [0.2, 0.25) is 0 Å². The van der Waals surface area contributed by atoms with Crippen LogP contribution in [0, 0.1) is 45.8 Å². The second kappa shape index (κ2) is 6.60. The Morgan fingerprint density at radius 2 is 1.75 bits per heavy atom. The van der Waals surface area contributed by atoms with Crippen molar-refractivity contribution >= 4 is 0 Å². The van der Waals surface area contributed by atoms with E-state index >= 15 is 0 Å². The molecule has 3 fully saturated rings. The summed E-state index contributed by atoms with van der Waals surface area (Å²) in [6.45, 7) is 17.1. The number of hydrogen-bond acceptors (Lipinski definition) is 1. The molecule has 0 spiro atoms. The summed E-state index contributed by atoms with van der Waals surface area (Å²) in [5.74, 6) is 4.45. The first kappa shape index (κ1) is 21.0. The summed E-state index contributed by atoms with van der Waals surface area (Å²) in [7, 11) is 0. The van der Waals surface area contributed by atoms with Crippen LogP contribution in [0.25, 0.3) is 0 Å². The van der Waals surface area contributed by atoms with Crippen molar-refractivity contribution in [1.29, 1.82) is 0 Å². The number of aliphatic hydroxyl groups is 1. The van der Waals surface area contributed by atoms with Crippen LogP contribution in [0.4, 0.5) is 0 Å². The Hall–Kier alpha value is -0.300. The van der Waals surface area contributed by atoms with Crippen molar-refractivity contribution in [1.82, 2.24) is 0 Å². The topological polar surface area (TPSA) is 20.2 Å². The van der Waals surface area contributed by atoms with Crippen LogP contribution in [0.1, 0.15) is 106 Å². The van der Waals surface area contributed by atoms with Gasteiger partial charge in [-0.1, -0.05) is 53.2 Å². The van der Waals surface area contributed by atoms with Crippen LogP contribution in [0.3, 0.4) is 0 Å². The van der Waals surface area contributed by atoms with Gasteiger partial charge in [0.25, 0.3) is 0 Å². The zero-order chi connectivity index (χ0) is 20.5. The Labute approximate surface area is 174 Å². The maximum Gasteiger partial charge on any atom is 0.0657 e. The molecular formula is C27H46O. The van der Waals surface area contributed by atoms with Gasteiger partial charge in [-0.3, -0.25) is 0 Å². The third-order valence-electron chi connectivity index (χ3n) is 10.1. The Morgan fingerprint density at radius 1 is 1.04 bits per heavy atom. The van der Waals surface area contributed by atoms with Crippen molar-refractivity contribution in [2.75, 3.05) is 0 Å². The maximum atomic E-state index is 10.7. The van der Waals surface area contributed by atoms with E-state index in [2.05, 4.69) is 54.5 Å². The molecule has 3 unspecified atom stereocenters. The average Bonchev–Trinajstić information content (AvgIpc) is 2.91. The summed E-state index contributed by atoms with van der Waals surface area (Å²) < 4.78 is 0. The van der Waals surface area contributed by atoms with Crippen molar-refractivity contribution in [3.05, 3.63) is 11.6 Å². The quantitative estimate of drug-likeness (QED) is 0.490. The van der Waals surface area contributed by atoms with E-state index in [1.54, 1.807) is 5.57 Å². The average molecular weight is 387 g/mol. The van der Waals surface area contributed by atoms with E-state index in [0.717, 1.165) is 42.4 Å². The molecule has 0 aromatic rings. The van der Waals surface area contributed by atoms with E-state index in [1.165, 1.54) is 44.9 Å². The van der Waals surface area contributed by atoms with Crippen molar-refractivity contribution in [2.45, 2.75) is 112 Å². The van der Waals surface area contributed by atoms with Gasteiger partial charge in [0, 0.05) is 0 Å². The molecule has 8 atom stereocenters. The highest BCUT2D eigenvalue weighted by Crippen LogP contribution is 2.67. The van der Waals surface area contributed by atoms with Crippen LogP contribution in [0.15, 0.2) is 11.6 Å². The van der Waals surface area contributed by atoms with Gasteiger partial charge >= 0.3 is 0 Å². The molecule has 28 heavy (non-hydrogen) atoms. The summed E-state index contributed by atoms with van der Waals surface area (Å²) >= 11 is 0. The molecule has 0 aliphatic heterocycles. The highest BCUT2D eigenvalue weighted by atomic mass is 16.3. The number of rotatable bonds is 2. The van der Waals surface area contributed by atoms with Crippen LogP contribution in [-0.2, 0) is 0 Å². The second-order valence-electron chi connectivity index (χ2n) is 13.4. The summed E-state index contributed by atoms with van der Waals surface area (Å²) in [5.41, 5.74) is 2.50. The first-order chi connectivity index (χ1) is 12.9. The number of hydrogen-bond donors (Lipinski definition) is 1. The summed E-state index contributed by atoms with van der Waals surface area (Å²) in [5, 5.41) is 10.7. The molecule has 1 N–H and O–H groups in total. The minimum atomic E-state index is -0.470. The zero-order valence-electron chi connectivity index (χ0n) is 19.8. The highest BCUT2D eigenvalue weighted by molar-refractivity contribution is 5.26. The van der Waals surface area contributed by atoms with Crippen molar-refractivity contribution in [2.24, 2.45) is 45.8 Å². The molecule has 0 radical (unpaired) electrons. The lowest BCUT2D eigenvalue weighted by atomic mass is 9.46. The number of allylic oxidation sites excluding steroid dienone is 1. The molecule has 160 valence electrons. The van der Waals surface area contributed by atoms with Crippen molar-refractivity contribution in [3.8, 4) is 0 Å². The minimum Gasteiger partial charge on any atom is -0.390 e. The highest BCUT2D eigenvalue weighted by Gasteiger charge is 2.59. The normalized spacial score (nSPS) is 49.6. The van der Waals surface area contributed by atoms with E-state index in [9.17, 15) is 5.11 Å². The first-order valence-corrected chi connectivity index (χ1v) is 12.3. The lowest BCUT2D eigenvalue weighted by Crippen LogP contribution is -2.52. The van der Waals surface area contributed by atoms with Crippen molar-refractivity contribution in [3.63, 3.8) is 0 Å². The molecule has 1 nitrogen and oxygen atoms in total. The Kier molecular flexibility index (Phi) is 4.94. The molecule has 4 aliphatic carbocycles. The van der Waals surface area contributed by atoms with Gasteiger partial charge in [0.15, 0.2) is 0 Å². The van der Waals surface area contributed by atoms with Crippen LogP contribution in [0.5, 0.6) is 0 Å².